The normalized spacial score (nSPS) is 11.6. The first-order valence-electron chi connectivity index (χ1n) is 32.1. The molecule has 5 aromatic heterocycles. The SMILES string of the molecule is C.C.C.CC(C)(C)OC(=O)C(=O)OC(C)(C)C.CC(C)(C)OC(=O)C(=O)OC(C)(C)C.C[C@H](Oc1cc(C(=O)Nc2ccc(=O)n(C)c2)nnc1N)c1c(Cl)ccc(F)c1Cl.C[C@H](Oc1cc(C(=O)Nc2ccc(=O)n(C)c2)nnc1N)c1c(Cl)ccc(F)c1Cl.C[C@H](Oc1cc(C(=O)O)nnc1N)c1c(Cl)ccc(F)c1Cl. The summed E-state index contributed by atoms with van der Waals surface area (Å²) < 4.78 is 80.1. The molecule has 8 rings (SSSR count). The fourth-order valence-electron chi connectivity index (χ4n) is 8.26. The Balaban J connectivity index is 0.000000727. The number of aromatic nitrogens is 8. The predicted octanol–water partition coefficient (Wildman–Crippen LogP) is 15.8. The van der Waals surface area contributed by atoms with E-state index < -0.39 is 99.8 Å². The highest BCUT2D eigenvalue weighted by atomic mass is 35.5. The second-order valence-electron chi connectivity index (χ2n) is 26.9. The summed E-state index contributed by atoms with van der Waals surface area (Å²) in [5.41, 5.74) is 15.0. The number of aromatic carboxylic acids is 1. The third-order valence-corrected chi connectivity index (χ3v) is 15.2. The van der Waals surface area contributed by atoms with Gasteiger partial charge >= 0.3 is 29.8 Å². The van der Waals surface area contributed by atoms with Gasteiger partial charge in [0.1, 0.15) is 58.2 Å². The number of nitrogens with two attached hydrogens (primary N) is 3. The molecule has 0 saturated carbocycles. The minimum Gasteiger partial charge on any atom is -0.482 e. The third-order valence-electron chi connectivity index (χ3n) is 13.0. The van der Waals surface area contributed by atoms with Gasteiger partial charge in [0.25, 0.3) is 11.8 Å². The van der Waals surface area contributed by atoms with Gasteiger partial charge in [-0.2, -0.15) is 0 Å². The van der Waals surface area contributed by atoms with Gasteiger partial charge in [-0.1, -0.05) is 91.9 Å². The molecular formula is C74H90Cl6F3N13O17. The van der Waals surface area contributed by atoms with Crippen molar-refractivity contribution >= 4 is 140 Å². The highest BCUT2D eigenvalue weighted by Crippen LogP contribution is 2.39. The van der Waals surface area contributed by atoms with Crippen molar-refractivity contribution in [3.05, 3.63) is 193 Å². The molecule has 3 aromatic carbocycles. The Kier molecular flexibility index (Phi) is 38.1. The molecule has 0 fully saturated rings. The fourth-order valence-corrected chi connectivity index (χ4v) is 10.3. The zero-order valence-electron chi connectivity index (χ0n) is 62.1. The van der Waals surface area contributed by atoms with Crippen LogP contribution in [0.5, 0.6) is 17.2 Å². The largest absolute Gasteiger partial charge is 0.482 e. The molecule has 0 spiro atoms. The molecule has 8 aromatic rings. The average molecular weight is 1700 g/mol. The van der Waals surface area contributed by atoms with Crippen molar-refractivity contribution < 1.29 is 85.0 Å². The van der Waals surface area contributed by atoms with Gasteiger partial charge in [0.05, 0.1) is 26.4 Å². The average Bonchev–Trinajstić information content (AvgIpc) is 0.812. The second-order valence-corrected chi connectivity index (χ2v) is 29.3. The number of carbonyl (C=O) groups excluding carboxylic acids is 6. The van der Waals surface area contributed by atoms with E-state index in [4.69, 9.17) is 125 Å². The Morgan fingerprint density at radius 3 is 0.885 bits per heavy atom. The van der Waals surface area contributed by atoms with Crippen LogP contribution in [0.25, 0.3) is 0 Å². The summed E-state index contributed by atoms with van der Waals surface area (Å²) in [4.78, 5) is 103. The van der Waals surface area contributed by atoms with Gasteiger partial charge in [0.2, 0.25) is 11.1 Å². The zero-order chi connectivity index (χ0) is 83.6. The number of rotatable bonds is 14. The van der Waals surface area contributed by atoms with Crippen LogP contribution in [0.1, 0.15) is 193 Å². The van der Waals surface area contributed by atoms with Crippen LogP contribution >= 0.6 is 69.6 Å². The van der Waals surface area contributed by atoms with E-state index in [1.54, 1.807) is 118 Å². The molecule has 0 aliphatic carbocycles. The highest BCUT2D eigenvalue weighted by molar-refractivity contribution is 6.37. The number of pyridine rings is 2. The molecule has 616 valence electrons. The first-order chi connectivity index (χ1) is 50.7. The number of carboxylic acid groups (broad SMARTS) is 1. The fraction of sp³-hybridized carbons (Fsp3) is 0.365. The monoisotopic (exact) mass is 1700 g/mol. The lowest BCUT2D eigenvalue weighted by atomic mass is 10.1. The molecule has 2 amide bonds. The van der Waals surface area contributed by atoms with E-state index in [-0.39, 0.29) is 132 Å². The van der Waals surface area contributed by atoms with Crippen molar-refractivity contribution in [1.82, 2.24) is 39.7 Å². The van der Waals surface area contributed by atoms with E-state index in [9.17, 15) is 56.3 Å². The van der Waals surface area contributed by atoms with Crippen LogP contribution in [0.2, 0.25) is 30.1 Å². The van der Waals surface area contributed by atoms with Crippen molar-refractivity contribution in [1.29, 1.82) is 0 Å². The quantitative estimate of drug-likeness (QED) is 0.0255. The zero-order valence-corrected chi connectivity index (χ0v) is 66.6. The Hall–Kier alpha value is -10.6. The molecule has 0 aliphatic heterocycles. The molecule has 39 heteroatoms. The van der Waals surface area contributed by atoms with Crippen LogP contribution in [-0.2, 0) is 52.2 Å². The summed E-state index contributed by atoms with van der Waals surface area (Å²) in [6.45, 7) is 25.0. The van der Waals surface area contributed by atoms with E-state index in [0.29, 0.717) is 11.4 Å². The topological polar surface area (TPSA) is 428 Å². The van der Waals surface area contributed by atoms with Gasteiger partial charge in [0.15, 0.2) is 51.8 Å². The van der Waals surface area contributed by atoms with E-state index in [2.05, 4.69) is 41.2 Å². The van der Waals surface area contributed by atoms with Crippen molar-refractivity contribution in [2.24, 2.45) is 14.1 Å². The van der Waals surface area contributed by atoms with Crippen LogP contribution in [0.3, 0.4) is 0 Å². The van der Waals surface area contributed by atoms with Crippen LogP contribution in [-0.4, -0.2) is 109 Å². The molecule has 0 saturated heterocycles. The van der Waals surface area contributed by atoms with Crippen molar-refractivity contribution in [3.63, 3.8) is 0 Å². The number of ether oxygens (including phenoxy) is 7. The van der Waals surface area contributed by atoms with E-state index in [0.717, 1.165) is 24.3 Å². The molecule has 9 N–H and O–H groups in total. The summed E-state index contributed by atoms with van der Waals surface area (Å²) in [5.74, 6) is -8.44. The number of carboxylic acids is 1. The summed E-state index contributed by atoms with van der Waals surface area (Å²) >= 11 is 36.1. The van der Waals surface area contributed by atoms with E-state index >= 15 is 0 Å². The maximum absolute atomic E-state index is 13.8. The van der Waals surface area contributed by atoms with Gasteiger partial charge in [-0.25, -0.2) is 37.1 Å². The van der Waals surface area contributed by atoms with Crippen molar-refractivity contribution in [3.8, 4) is 17.2 Å². The van der Waals surface area contributed by atoms with Gasteiger partial charge in [-0.15, -0.1) is 30.6 Å². The van der Waals surface area contributed by atoms with Gasteiger partial charge in [0, 0.05) is 88.6 Å². The summed E-state index contributed by atoms with van der Waals surface area (Å²) in [7, 11) is 3.11. The predicted molar refractivity (Wildman–Crippen MR) is 426 cm³/mol. The lowest BCUT2D eigenvalue weighted by molar-refractivity contribution is -0.180. The van der Waals surface area contributed by atoms with Crippen LogP contribution in [0.4, 0.5) is 42.0 Å². The summed E-state index contributed by atoms with van der Waals surface area (Å²) in [6, 6.07) is 16.7. The third kappa shape index (κ3) is 31.8. The van der Waals surface area contributed by atoms with Crippen molar-refractivity contribution in [2.75, 3.05) is 27.8 Å². The molecule has 0 bridgehead atoms. The smallest absolute Gasteiger partial charge is 0.418 e. The first-order valence-corrected chi connectivity index (χ1v) is 34.4. The number of esters is 4. The van der Waals surface area contributed by atoms with E-state index in [1.165, 1.54) is 76.1 Å². The number of halogens is 9. The van der Waals surface area contributed by atoms with Crippen LogP contribution in [0.15, 0.2) is 101 Å². The van der Waals surface area contributed by atoms with Gasteiger partial charge < -0.3 is 75.2 Å². The Morgan fingerprint density at radius 2 is 0.655 bits per heavy atom. The number of amides is 2. The minimum absolute atomic E-state index is 0. The first kappa shape index (κ1) is 100. The Labute approximate surface area is 680 Å². The second kappa shape index (κ2) is 42.9. The maximum Gasteiger partial charge on any atom is 0.418 e. The number of benzene rings is 3. The van der Waals surface area contributed by atoms with Gasteiger partial charge in [-0.3, -0.25) is 19.2 Å². The highest BCUT2D eigenvalue weighted by Gasteiger charge is 2.31. The molecule has 5 heterocycles. The molecular weight excluding hydrogens is 1610 g/mol. The molecule has 3 atom stereocenters. The summed E-state index contributed by atoms with van der Waals surface area (Å²) in [5, 5.41) is 36.0. The number of nitrogens with one attached hydrogen (secondary N) is 2. The number of nitrogens with zero attached hydrogens (tertiary/aromatic N) is 8. The lowest BCUT2D eigenvalue weighted by Gasteiger charge is -2.22. The van der Waals surface area contributed by atoms with Crippen LogP contribution in [0, 0.1) is 17.5 Å². The Morgan fingerprint density at radius 1 is 0.416 bits per heavy atom. The molecule has 30 nitrogen and oxygen atoms in total. The standard InChI is InChI=1S/2C19H16Cl2FN5O3.C13H10Cl2FN3O3.2C10H18O4.3CH4/c2*1-9(16-11(20)4-5-12(22)17(16)21)30-14-7-13(25-26-18(14)23)19(29)24-10-3-6-15(28)27(2)8-10;1-5(10-6(14)2-3-7(16)11(10)15)22-9-4-8(13(20)21)18-19-12(9)17;2*1-9(2,3)13-7(11)8(12)14-10(4,5)6;;;/h2*3-9H,1-2H3,(H2,23,26)(H,24,29);2-5H,1H3,(H2,17,19)(H,20,21);2*1-6H3;3*1H4/t2*9-;5-;;;;;/m000...../s1. The van der Waals surface area contributed by atoms with Crippen LogP contribution < -0.4 is 53.2 Å². The van der Waals surface area contributed by atoms with Gasteiger partial charge in [-0.05, 0) is 152 Å². The Bertz CT molecular complexity index is 4570. The number of hydrogen-bond acceptors (Lipinski definition) is 25. The number of nitrogen functional groups attached to an aromatic ring is 3. The molecule has 0 aliphatic rings. The maximum atomic E-state index is 13.8. The lowest BCUT2D eigenvalue weighted by Crippen LogP contribution is -2.34. The molecule has 0 radical (unpaired) electrons. The summed E-state index contributed by atoms with van der Waals surface area (Å²) in [6.07, 6.45) is 0.527. The van der Waals surface area contributed by atoms with E-state index in [1.807, 2.05) is 0 Å². The number of carbonyl (C=O) groups is 7. The number of anilines is 5. The number of aryl methyl sites for hydroxylation is 2. The molecule has 113 heavy (non-hydrogen) atoms. The number of hydrogen-bond donors (Lipinski definition) is 6. The van der Waals surface area contributed by atoms with Crippen molar-refractivity contribution in [2.45, 2.75) is 167 Å². The minimum atomic E-state index is -1.29. The molecule has 0 unspecified atom stereocenters.